The highest BCUT2D eigenvalue weighted by Gasteiger charge is 2.36. The van der Waals surface area contributed by atoms with Gasteiger partial charge in [0.1, 0.15) is 5.82 Å². The molecule has 1 aliphatic rings. The molecule has 0 saturated carbocycles. The van der Waals surface area contributed by atoms with Crippen molar-refractivity contribution in [2.45, 2.75) is 25.6 Å². The number of aromatic nitrogens is 2. The lowest BCUT2D eigenvalue weighted by molar-refractivity contribution is -0.112. The zero-order valence-electron chi connectivity index (χ0n) is 15.2. The van der Waals surface area contributed by atoms with Gasteiger partial charge >= 0.3 is 6.18 Å². The van der Waals surface area contributed by atoms with E-state index in [1.165, 1.54) is 35.0 Å². The van der Waals surface area contributed by atoms with Crippen molar-refractivity contribution in [3.63, 3.8) is 0 Å². The van der Waals surface area contributed by atoms with Gasteiger partial charge in [0.25, 0.3) is 0 Å². The van der Waals surface area contributed by atoms with E-state index in [-0.39, 0.29) is 27.9 Å². The Kier molecular flexibility index (Phi) is 5.77. The van der Waals surface area contributed by atoms with Gasteiger partial charge in [-0.05, 0) is 31.0 Å². The third-order valence-electron chi connectivity index (χ3n) is 4.40. The molecular formula is C18H17ClF3N3O3S. The molecule has 1 N–H and O–H groups in total. The number of alkyl halides is 3. The van der Waals surface area contributed by atoms with Crippen molar-refractivity contribution in [2.75, 3.05) is 16.8 Å². The molecule has 1 aromatic carbocycles. The van der Waals surface area contributed by atoms with E-state index < -0.39 is 33.5 Å². The molecule has 1 saturated heterocycles. The Bertz CT molecular complexity index is 1060. The first-order chi connectivity index (χ1) is 13.4. The monoisotopic (exact) mass is 447 g/mol. The van der Waals surface area contributed by atoms with Gasteiger partial charge in [0.2, 0.25) is 5.91 Å². The number of amides is 1. The molecule has 2 aromatic rings. The maximum absolute atomic E-state index is 13.5. The van der Waals surface area contributed by atoms with Crippen LogP contribution < -0.4 is 5.32 Å². The summed E-state index contributed by atoms with van der Waals surface area (Å²) >= 11 is 5.71. The van der Waals surface area contributed by atoms with E-state index in [0.717, 1.165) is 0 Å². The molecule has 1 aliphatic heterocycles. The van der Waals surface area contributed by atoms with E-state index in [1.54, 1.807) is 6.92 Å². The molecule has 29 heavy (non-hydrogen) atoms. The van der Waals surface area contributed by atoms with E-state index in [2.05, 4.69) is 10.4 Å². The summed E-state index contributed by atoms with van der Waals surface area (Å²) in [5.74, 6) is -0.998. The average molecular weight is 448 g/mol. The number of anilines is 1. The standard InChI is InChI=1S/C18H17ClF3N3O3S/c1-11-8-16(25(24-11)14-6-7-29(27,28)10-14)23-17(26)9-15(18(20,21)22)12-2-4-13(19)5-3-12/h2-5,8-9,14H,6-7,10H2,1H3,(H,23,26). The van der Waals surface area contributed by atoms with Crippen molar-refractivity contribution in [3.8, 4) is 0 Å². The highest BCUT2D eigenvalue weighted by molar-refractivity contribution is 7.91. The summed E-state index contributed by atoms with van der Waals surface area (Å²) in [5.41, 5.74) is -0.830. The van der Waals surface area contributed by atoms with Crippen LogP contribution in [0.5, 0.6) is 0 Å². The summed E-state index contributed by atoms with van der Waals surface area (Å²) in [5, 5.41) is 6.84. The number of rotatable bonds is 4. The van der Waals surface area contributed by atoms with Gasteiger partial charge in [0.15, 0.2) is 9.84 Å². The van der Waals surface area contributed by atoms with Crippen molar-refractivity contribution < 1.29 is 26.4 Å². The highest BCUT2D eigenvalue weighted by atomic mass is 35.5. The van der Waals surface area contributed by atoms with Crippen molar-refractivity contribution in [2.24, 2.45) is 0 Å². The Morgan fingerprint density at radius 2 is 1.97 bits per heavy atom. The molecule has 6 nitrogen and oxygen atoms in total. The third-order valence-corrected chi connectivity index (χ3v) is 6.40. The lowest BCUT2D eigenvalue weighted by Gasteiger charge is -2.14. The van der Waals surface area contributed by atoms with Gasteiger partial charge in [0.05, 0.1) is 28.8 Å². The SMILES string of the molecule is Cc1cc(NC(=O)C=C(c2ccc(Cl)cc2)C(F)(F)F)n(C2CCS(=O)(=O)C2)n1. The normalized spacial score (nSPS) is 19.3. The number of nitrogens with zero attached hydrogens (tertiary/aromatic N) is 2. The zero-order chi connectivity index (χ0) is 21.4. The Morgan fingerprint density at radius 3 is 2.52 bits per heavy atom. The molecule has 1 aromatic heterocycles. The van der Waals surface area contributed by atoms with Gasteiger partial charge in [-0.15, -0.1) is 0 Å². The predicted molar refractivity (Wildman–Crippen MR) is 103 cm³/mol. The number of hydrogen-bond donors (Lipinski definition) is 1. The van der Waals surface area contributed by atoms with Gasteiger partial charge in [-0.3, -0.25) is 4.79 Å². The van der Waals surface area contributed by atoms with Crippen LogP contribution in [0.2, 0.25) is 5.02 Å². The molecule has 1 unspecified atom stereocenters. The van der Waals surface area contributed by atoms with E-state index >= 15 is 0 Å². The van der Waals surface area contributed by atoms with E-state index in [9.17, 15) is 26.4 Å². The van der Waals surface area contributed by atoms with Crippen LogP contribution in [0.3, 0.4) is 0 Å². The maximum Gasteiger partial charge on any atom is 0.417 e. The summed E-state index contributed by atoms with van der Waals surface area (Å²) in [6.45, 7) is 1.64. The molecule has 0 bridgehead atoms. The minimum absolute atomic E-state index is 0.00134. The second-order valence-electron chi connectivity index (χ2n) is 6.72. The van der Waals surface area contributed by atoms with Crippen LogP contribution in [0.1, 0.15) is 23.7 Å². The second kappa shape index (κ2) is 7.83. The topological polar surface area (TPSA) is 81.1 Å². The van der Waals surface area contributed by atoms with E-state index in [1.807, 2.05) is 0 Å². The first kappa shape index (κ1) is 21.4. The van der Waals surface area contributed by atoms with E-state index in [4.69, 9.17) is 11.6 Å². The van der Waals surface area contributed by atoms with Gasteiger partial charge in [-0.25, -0.2) is 13.1 Å². The van der Waals surface area contributed by atoms with Crippen molar-refractivity contribution in [1.82, 2.24) is 9.78 Å². The van der Waals surface area contributed by atoms with Crippen LogP contribution in [0.25, 0.3) is 5.57 Å². The maximum atomic E-state index is 13.5. The summed E-state index contributed by atoms with van der Waals surface area (Å²) in [7, 11) is -3.20. The van der Waals surface area contributed by atoms with E-state index in [0.29, 0.717) is 18.2 Å². The Labute approximate surface area is 170 Å². The zero-order valence-corrected chi connectivity index (χ0v) is 16.8. The average Bonchev–Trinajstić information content (AvgIpc) is 3.14. The minimum atomic E-state index is -4.76. The van der Waals surface area contributed by atoms with Gasteiger partial charge in [-0.1, -0.05) is 23.7 Å². The number of sulfone groups is 1. The van der Waals surface area contributed by atoms with Crippen molar-refractivity contribution >= 4 is 38.7 Å². The number of halogens is 4. The molecule has 156 valence electrons. The molecule has 1 atom stereocenters. The van der Waals surface area contributed by atoms with Crippen LogP contribution in [0, 0.1) is 6.92 Å². The number of nitrogens with one attached hydrogen (secondary N) is 1. The summed E-state index contributed by atoms with van der Waals surface area (Å²) in [6.07, 6.45) is -3.98. The number of carbonyl (C=O) groups is 1. The van der Waals surface area contributed by atoms with Crippen LogP contribution in [-0.4, -0.2) is 41.8 Å². The lowest BCUT2D eigenvalue weighted by Crippen LogP contribution is -2.20. The Balaban J connectivity index is 1.88. The lowest BCUT2D eigenvalue weighted by atomic mass is 10.1. The molecule has 0 radical (unpaired) electrons. The Hall–Kier alpha value is -2.33. The third kappa shape index (κ3) is 5.18. The number of benzene rings is 1. The molecule has 3 rings (SSSR count). The van der Waals surface area contributed by atoms with Crippen molar-refractivity contribution in [1.29, 1.82) is 0 Å². The van der Waals surface area contributed by atoms with Crippen molar-refractivity contribution in [3.05, 3.63) is 52.7 Å². The largest absolute Gasteiger partial charge is 0.417 e. The molecule has 1 amide bonds. The first-order valence-corrected chi connectivity index (χ1v) is 10.8. The fourth-order valence-corrected chi connectivity index (χ4v) is 4.93. The number of carbonyl (C=O) groups excluding carboxylic acids is 1. The summed E-state index contributed by atoms with van der Waals surface area (Å²) < 4.78 is 65.1. The second-order valence-corrected chi connectivity index (χ2v) is 9.39. The number of hydrogen-bond acceptors (Lipinski definition) is 4. The predicted octanol–water partition coefficient (Wildman–Crippen LogP) is 3.79. The molecule has 2 heterocycles. The Morgan fingerprint density at radius 1 is 1.31 bits per heavy atom. The highest BCUT2D eigenvalue weighted by Crippen LogP contribution is 2.34. The van der Waals surface area contributed by atoms with Crippen LogP contribution in [0.4, 0.5) is 19.0 Å². The molecule has 0 spiro atoms. The van der Waals surface area contributed by atoms with Crippen LogP contribution in [-0.2, 0) is 14.6 Å². The fourth-order valence-electron chi connectivity index (χ4n) is 3.11. The molecule has 11 heteroatoms. The molecule has 0 aliphatic carbocycles. The van der Waals surface area contributed by atoms with Gasteiger partial charge < -0.3 is 5.32 Å². The molecular weight excluding hydrogens is 431 g/mol. The molecule has 1 fully saturated rings. The van der Waals surface area contributed by atoms with Gasteiger partial charge in [-0.2, -0.15) is 18.3 Å². The fraction of sp³-hybridized carbons (Fsp3) is 0.333. The quantitative estimate of drug-likeness (QED) is 0.723. The first-order valence-electron chi connectivity index (χ1n) is 8.57. The summed E-state index contributed by atoms with van der Waals surface area (Å²) in [4.78, 5) is 12.3. The summed E-state index contributed by atoms with van der Waals surface area (Å²) in [6, 6.07) is 5.94. The van der Waals surface area contributed by atoms with Crippen LogP contribution >= 0.6 is 11.6 Å². The minimum Gasteiger partial charge on any atom is -0.307 e. The number of aryl methyl sites for hydroxylation is 1. The number of allylic oxidation sites excluding steroid dienone is 1. The van der Waals surface area contributed by atoms with Gasteiger partial charge in [0, 0.05) is 17.2 Å². The smallest absolute Gasteiger partial charge is 0.307 e. The van der Waals surface area contributed by atoms with Crippen LogP contribution in [0.15, 0.2) is 36.4 Å².